The van der Waals surface area contributed by atoms with Crippen LogP contribution < -0.4 is 20.1 Å². The van der Waals surface area contributed by atoms with Crippen molar-refractivity contribution in [2.24, 2.45) is 0 Å². The Labute approximate surface area is 161 Å². The lowest BCUT2D eigenvalue weighted by Crippen LogP contribution is -2.13. The van der Waals surface area contributed by atoms with Crippen LogP contribution in [-0.4, -0.2) is 30.1 Å². The number of benzene rings is 2. The van der Waals surface area contributed by atoms with Gasteiger partial charge < -0.3 is 20.1 Å². The molecule has 3 aromatic rings. The van der Waals surface area contributed by atoms with Gasteiger partial charge in [-0.25, -0.2) is 9.97 Å². The quantitative estimate of drug-likeness (QED) is 0.680. The molecule has 8 heteroatoms. The van der Waals surface area contributed by atoms with E-state index >= 15 is 0 Å². The van der Waals surface area contributed by atoms with Crippen LogP contribution in [0.15, 0.2) is 54.9 Å². The lowest BCUT2D eigenvalue weighted by molar-refractivity contribution is 0.102. The van der Waals surface area contributed by atoms with Gasteiger partial charge in [0.15, 0.2) is 11.5 Å². The van der Waals surface area contributed by atoms with E-state index in [0.29, 0.717) is 39.9 Å². The van der Waals surface area contributed by atoms with Crippen molar-refractivity contribution in [3.8, 4) is 17.6 Å². The van der Waals surface area contributed by atoms with E-state index in [1.165, 1.54) is 12.4 Å². The molecule has 1 aromatic heterocycles. The highest BCUT2D eigenvalue weighted by Crippen LogP contribution is 2.30. The molecule has 3 rings (SSSR count). The first-order valence-electron chi connectivity index (χ1n) is 8.25. The molecule has 0 spiro atoms. The van der Waals surface area contributed by atoms with E-state index in [-0.39, 0.29) is 5.91 Å². The second-order valence-electron chi connectivity index (χ2n) is 5.64. The molecule has 140 valence electrons. The molecule has 0 aliphatic rings. The Morgan fingerprint density at radius 3 is 2.43 bits per heavy atom. The number of nitriles is 1. The number of anilines is 3. The van der Waals surface area contributed by atoms with Gasteiger partial charge in [0.05, 0.1) is 31.4 Å². The summed E-state index contributed by atoms with van der Waals surface area (Å²) in [6.45, 7) is 0. The zero-order valence-electron chi connectivity index (χ0n) is 15.3. The number of hydrogen-bond acceptors (Lipinski definition) is 7. The first kappa shape index (κ1) is 18.7. The van der Waals surface area contributed by atoms with Gasteiger partial charge in [-0.3, -0.25) is 4.79 Å². The zero-order valence-corrected chi connectivity index (χ0v) is 15.3. The van der Waals surface area contributed by atoms with Crippen molar-refractivity contribution < 1.29 is 14.3 Å². The van der Waals surface area contributed by atoms with E-state index in [2.05, 4.69) is 20.6 Å². The molecule has 0 aliphatic heterocycles. The predicted molar refractivity (Wildman–Crippen MR) is 104 cm³/mol. The molecule has 2 aromatic carbocycles. The molecule has 1 amide bonds. The Kier molecular flexibility index (Phi) is 5.67. The van der Waals surface area contributed by atoms with E-state index in [0.717, 1.165) is 0 Å². The minimum Gasteiger partial charge on any atom is -0.493 e. The van der Waals surface area contributed by atoms with Crippen molar-refractivity contribution in [1.29, 1.82) is 5.26 Å². The summed E-state index contributed by atoms with van der Waals surface area (Å²) in [5.41, 5.74) is 1.99. The summed E-state index contributed by atoms with van der Waals surface area (Å²) in [5.74, 6) is 1.15. The van der Waals surface area contributed by atoms with Gasteiger partial charge in [-0.2, -0.15) is 5.26 Å². The topological polar surface area (TPSA) is 109 Å². The molecule has 0 bridgehead atoms. The summed E-state index contributed by atoms with van der Waals surface area (Å²) in [4.78, 5) is 20.6. The molecule has 0 saturated carbocycles. The number of rotatable bonds is 6. The van der Waals surface area contributed by atoms with Crippen molar-refractivity contribution in [2.45, 2.75) is 0 Å². The smallest absolute Gasteiger partial charge is 0.258 e. The average molecular weight is 375 g/mol. The van der Waals surface area contributed by atoms with Crippen molar-refractivity contribution in [3.05, 3.63) is 66.0 Å². The number of nitrogens with one attached hydrogen (secondary N) is 2. The van der Waals surface area contributed by atoms with E-state index in [1.54, 1.807) is 56.7 Å². The van der Waals surface area contributed by atoms with Crippen LogP contribution in [0.4, 0.5) is 17.3 Å². The fourth-order valence-electron chi connectivity index (χ4n) is 2.42. The Morgan fingerprint density at radius 2 is 1.75 bits per heavy atom. The molecule has 1 heterocycles. The molecular formula is C20H17N5O3. The number of carbonyl (C=O) groups excluding carboxylic acids is 1. The second kappa shape index (κ2) is 8.51. The van der Waals surface area contributed by atoms with Gasteiger partial charge in [0.1, 0.15) is 0 Å². The van der Waals surface area contributed by atoms with Crippen LogP contribution in [0.1, 0.15) is 15.9 Å². The zero-order chi connectivity index (χ0) is 19.9. The van der Waals surface area contributed by atoms with E-state index in [9.17, 15) is 4.79 Å². The van der Waals surface area contributed by atoms with Crippen molar-refractivity contribution in [1.82, 2.24) is 9.97 Å². The summed E-state index contributed by atoms with van der Waals surface area (Å²) in [5, 5.41) is 14.7. The van der Waals surface area contributed by atoms with Gasteiger partial charge in [-0.1, -0.05) is 6.07 Å². The Balaban J connectivity index is 1.69. The van der Waals surface area contributed by atoms with Gasteiger partial charge >= 0.3 is 0 Å². The Morgan fingerprint density at radius 1 is 1.00 bits per heavy atom. The highest BCUT2D eigenvalue weighted by molar-refractivity contribution is 6.04. The summed E-state index contributed by atoms with van der Waals surface area (Å²) in [6, 6.07) is 14.0. The normalized spacial score (nSPS) is 9.89. The first-order valence-corrected chi connectivity index (χ1v) is 8.25. The van der Waals surface area contributed by atoms with Crippen LogP contribution in [0.5, 0.6) is 11.5 Å². The second-order valence-corrected chi connectivity index (χ2v) is 5.64. The third-order valence-electron chi connectivity index (χ3n) is 3.80. The highest BCUT2D eigenvalue weighted by atomic mass is 16.5. The van der Waals surface area contributed by atoms with Gasteiger partial charge in [-0.05, 0) is 30.3 Å². The van der Waals surface area contributed by atoms with Crippen LogP contribution in [0.2, 0.25) is 0 Å². The molecule has 0 unspecified atom stereocenters. The average Bonchev–Trinajstić information content (AvgIpc) is 2.74. The molecule has 0 aliphatic carbocycles. The maximum absolute atomic E-state index is 12.3. The molecule has 0 fully saturated rings. The maximum Gasteiger partial charge on any atom is 0.258 e. The van der Waals surface area contributed by atoms with Crippen LogP contribution in [0.25, 0.3) is 0 Å². The predicted octanol–water partition coefficient (Wildman–Crippen LogP) is 3.36. The number of amides is 1. The number of ether oxygens (including phenoxy) is 2. The van der Waals surface area contributed by atoms with Crippen LogP contribution in [0, 0.1) is 11.3 Å². The Bertz CT molecular complexity index is 1030. The number of carbonyl (C=O) groups is 1. The van der Waals surface area contributed by atoms with Gasteiger partial charge in [-0.15, -0.1) is 0 Å². The lowest BCUT2D eigenvalue weighted by atomic mass is 10.2. The monoisotopic (exact) mass is 375 g/mol. The Hall–Kier alpha value is -4.12. The molecule has 0 saturated heterocycles. The third-order valence-corrected chi connectivity index (χ3v) is 3.80. The number of hydrogen-bond donors (Lipinski definition) is 2. The maximum atomic E-state index is 12.3. The van der Waals surface area contributed by atoms with Crippen LogP contribution in [-0.2, 0) is 0 Å². The summed E-state index contributed by atoms with van der Waals surface area (Å²) in [6.07, 6.45) is 2.83. The van der Waals surface area contributed by atoms with Crippen molar-refractivity contribution in [3.63, 3.8) is 0 Å². The van der Waals surface area contributed by atoms with Crippen molar-refractivity contribution in [2.75, 3.05) is 24.9 Å². The summed E-state index contributed by atoms with van der Waals surface area (Å²) < 4.78 is 10.5. The number of aromatic nitrogens is 2. The van der Waals surface area contributed by atoms with E-state index in [1.807, 2.05) is 6.07 Å². The largest absolute Gasteiger partial charge is 0.493 e. The molecule has 28 heavy (non-hydrogen) atoms. The number of nitrogens with zero attached hydrogens (tertiary/aromatic N) is 3. The minimum atomic E-state index is -0.368. The molecule has 2 N–H and O–H groups in total. The molecule has 0 atom stereocenters. The summed E-state index contributed by atoms with van der Waals surface area (Å²) >= 11 is 0. The van der Waals surface area contributed by atoms with Gasteiger partial charge in [0.25, 0.3) is 5.91 Å². The highest BCUT2D eigenvalue weighted by Gasteiger charge is 2.09. The molecule has 0 radical (unpaired) electrons. The van der Waals surface area contributed by atoms with Crippen LogP contribution >= 0.6 is 0 Å². The summed E-state index contributed by atoms with van der Waals surface area (Å²) in [7, 11) is 3.12. The minimum absolute atomic E-state index is 0.292. The lowest BCUT2D eigenvalue weighted by Gasteiger charge is -2.10. The van der Waals surface area contributed by atoms with Gasteiger partial charge in [0.2, 0.25) is 5.95 Å². The number of methoxy groups -OCH3 is 2. The fraction of sp³-hybridized carbons (Fsp3) is 0.100. The SMILES string of the molecule is COc1ccc(Nc2ncc(C(=O)Nc3cccc(C#N)c3)cn2)cc1OC. The van der Waals surface area contributed by atoms with Gasteiger partial charge in [0, 0.05) is 29.8 Å². The fourth-order valence-corrected chi connectivity index (χ4v) is 2.42. The standard InChI is InChI=1S/C20H17N5O3/c1-27-17-7-6-16(9-18(17)28-2)25-20-22-11-14(12-23-20)19(26)24-15-5-3-4-13(8-15)10-21/h3-9,11-12H,1-2H3,(H,24,26)(H,22,23,25). The van der Waals surface area contributed by atoms with Crippen LogP contribution in [0.3, 0.4) is 0 Å². The van der Waals surface area contributed by atoms with Crippen molar-refractivity contribution >= 4 is 23.2 Å². The van der Waals surface area contributed by atoms with E-state index in [4.69, 9.17) is 14.7 Å². The molecule has 8 nitrogen and oxygen atoms in total. The van der Waals surface area contributed by atoms with E-state index < -0.39 is 0 Å². The first-order chi connectivity index (χ1) is 13.6. The molecular weight excluding hydrogens is 358 g/mol. The third kappa shape index (κ3) is 4.34.